The van der Waals surface area contributed by atoms with Gasteiger partial charge in [-0.3, -0.25) is 10.1 Å². The van der Waals surface area contributed by atoms with Gasteiger partial charge in [0.25, 0.3) is 0 Å². The van der Waals surface area contributed by atoms with E-state index < -0.39 is 18.2 Å². The first-order chi connectivity index (χ1) is 13.9. The predicted molar refractivity (Wildman–Crippen MR) is 113 cm³/mol. The summed E-state index contributed by atoms with van der Waals surface area (Å²) >= 11 is 3.87. The first-order valence-electron chi connectivity index (χ1n) is 9.10. The number of amides is 1. The van der Waals surface area contributed by atoms with Crippen LogP contribution in [0.4, 0.5) is 10.5 Å². The predicted octanol–water partition coefficient (Wildman–Crippen LogP) is 4.19. The van der Waals surface area contributed by atoms with Crippen LogP contribution in [0.5, 0.6) is 11.5 Å². The maximum Gasteiger partial charge on any atom is 0.412 e. The molecule has 0 aliphatic carbocycles. The zero-order chi connectivity index (χ0) is 21.2. The number of benzene rings is 2. The van der Waals surface area contributed by atoms with Crippen molar-refractivity contribution >= 4 is 30.4 Å². The smallest absolute Gasteiger partial charge is 0.412 e. The Balaban J connectivity index is 2.14. The van der Waals surface area contributed by atoms with Gasteiger partial charge in [-0.15, -0.1) is 0 Å². The lowest BCUT2D eigenvalue weighted by molar-refractivity contribution is -0.141. The van der Waals surface area contributed by atoms with Crippen molar-refractivity contribution in [2.45, 2.75) is 19.4 Å². The zero-order valence-electron chi connectivity index (χ0n) is 16.3. The van der Waals surface area contributed by atoms with Crippen LogP contribution in [0.25, 0.3) is 0 Å². The van der Waals surface area contributed by atoms with Crippen molar-refractivity contribution < 1.29 is 28.9 Å². The molecule has 0 saturated carbocycles. The third-order valence-electron chi connectivity index (χ3n) is 4.27. The fraction of sp³-hybridized carbons (Fsp3) is 0.333. The normalized spacial score (nSPS) is 12.5. The van der Waals surface area contributed by atoms with Gasteiger partial charge in [-0.05, 0) is 36.2 Å². The van der Waals surface area contributed by atoms with Gasteiger partial charge in [-0.1, -0.05) is 31.2 Å². The Morgan fingerprint density at radius 3 is 2.52 bits per heavy atom. The lowest BCUT2D eigenvalue weighted by atomic mass is 9.94. The second kappa shape index (κ2) is 11.2. The van der Waals surface area contributed by atoms with Crippen LogP contribution in [0.1, 0.15) is 25.0 Å². The fourth-order valence-corrected chi connectivity index (χ4v) is 2.83. The Kier molecular flexibility index (Phi) is 8.67. The summed E-state index contributed by atoms with van der Waals surface area (Å²) in [6.07, 6.45) is -0.851. The van der Waals surface area contributed by atoms with Crippen LogP contribution in [0, 0.1) is 5.92 Å². The van der Waals surface area contributed by atoms with Gasteiger partial charge in [0.1, 0.15) is 6.10 Å². The van der Waals surface area contributed by atoms with Crippen LogP contribution in [0.2, 0.25) is 0 Å². The van der Waals surface area contributed by atoms with E-state index in [1.807, 2.05) is 13.0 Å². The number of esters is 1. The largest absolute Gasteiger partial charge is 0.504 e. The third-order valence-corrected chi connectivity index (χ3v) is 4.53. The summed E-state index contributed by atoms with van der Waals surface area (Å²) in [5.41, 5.74) is 1.20. The highest BCUT2D eigenvalue weighted by atomic mass is 32.1. The topological polar surface area (TPSA) is 94.1 Å². The van der Waals surface area contributed by atoms with Gasteiger partial charge in [0, 0.05) is 11.6 Å². The minimum absolute atomic E-state index is 0.000142. The number of carbonyl (C=O) groups is 2. The summed E-state index contributed by atoms with van der Waals surface area (Å²) in [5.74, 6) is -0.355. The minimum Gasteiger partial charge on any atom is -0.504 e. The summed E-state index contributed by atoms with van der Waals surface area (Å²) in [5, 5.41) is 12.8. The molecular formula is C21H25NO6S. The van der Waals surface area contributed by atoms with E-state index in [9.17, 15) is 14.7 Å². The molecule has 1 amide bonds. The van der Waals surface area contributed by atoms with Crippen molar-refractivity contribution in [1.29, 1.82) is 0 Å². The minimum atomic E-state index is -0.676. The number of hydrogen-bond acceptors (Lipinski definition) is 7. The number of para-hydroxylation sites is 1. The van der Waals surface area contributed by atoms with Crippen LogP contribution in [-0.4, -0.2) is 36.6 Å². The molecule has 0 heterocycles. The number of phenols is 1. The molecule has 0 saturated heterocycles. The average Bonchev–Trinajstić information content (AvgIpc) is 2.72. The molecule has 29 heavy (non-hydrogen) atoms. The highest BCUT2D eigenvalue weighted by molar-refractivity contribution is 7.81. The molecular weight excluding hydrogens is 394 g/mol. The maximum absolute atomic E-state index is 12.4. The summed E-state index contributed by atoms with van der Waals surface area (Å²) in [7, 11) is 1.45. The molecule has 0 bridgehead atoms. The van der Waals surface area contributed by atoms with Crippen molar-refractivity contribution in [3.05, 3.63) is 54.1 Å². The third kappa shape index (κ3) is 6.90. The van der Waals surface area contributed by atoms with E-state index in [1.54, 1.807) is 36.4 Å². The van der Waals surface area contributed by atoms with Gasteiger partial charge < -0.3 is 19.3 Å². The molecule has 2 atom stereocenters. The highest BCUT2D eigenvalue weighted by Crippen LogP contribution is 2.34. The van der Waals surface area contributed by atoms with Gasteiger partial charge in [0.2, 0.25) is 0 Å². The van der Waals surface area contributed by atoms with Gasteiger partial charge >= 0.3 is 12.1 Å². The van der Waals surface area contributed by atoms with Crippen molar-refractivity contribution in [2.24, 2.45) is 5.92 Å². The maximum atomic E-state index is 12.4. The summed E-state index contributed by atoms with van der Waals surface area (Å²) < 4.78 is 15.8. The molecule has 2 rings (SSSR count). The van der Waals surface area contributed by atoms with Crippen LogP contribution in [0.15, 0.2) is 48.5 Å². The summed E-state index contributed by atoms with van der Waals surface area (Å²) in [6.45, 7) is 2.04. The molecule has 0 aliphatic heterocycles. The number of methoxy groups -OCH3 is 1. The van der Waals surface area contributed by atoms with Crippen molar-refractivity contribution in [3.63, 3.8) is 0 Å². The van der Waals surface area contributed by atoms with Crippen LogP contribution >= 0.6 is 12.6 Å². The van der Waals surface area contributed by atoms with E-state index >= 15 is 0 Å². The molecule has 0 aromatic heterocycles. The Morgan fingerprint density at radius 1 is 1.17 bits per heavy atom. The lowest BCUT2D eigenvalue weighted by Crippen LogP contribution is -2.23. The van der Waals surface area contributed by atoms with Gasteiger partial charge in [0.15, 0.2) is 11.5 Å². The molecule has 0 radical (unpaired) electrons. The number of rotatable bonds is 9. The van der Waals surface area contributed by atoms with Crippen molar-refractivity contribution in [1.82, 2.24) is 0 Å². The standard InChI is InChI=1S/C21H25NO6S/c1-14(10-11-27-19(24)13-29)20(15-8-9-18(26-2)17(23)12-15)28-21(25)22-16-6-4-3-5-7-16/h3-9,12,14,20,23,29H,10-11,13H2,1-2H3,(H,22,25)/t14-,20-/m0/s1. The quantitative estimate of drug-likeness (QED) is 0.417. The second-order valence-corrected chi connectivity index (χ2v) is 6.71. The SMILES string of the molecule is COc1ccc([C@@H](OC(=O)Nc2ccccc2)[C@@H](C)CCOC(=O)CS)cc1O. The molecule has 7 nitrogen and oxygen atoms in total. The van der Waals surface area contributed by atoms with Crippen molar-refractivity contribution in [2.75, 3.05) is 24.8 Å². The Labute approximate surface area is 175 Å². The highest BCUT2D eigenvalue weighted by Gasteiger charge is 2.25. The molecule has 0 spiro atoms. The Bertz CT molecular complexity index is 814. The number of hydrogen-bond donors (Lipinski definition) is 3. The number of carbonyl (C=O) groups excluding carboxylic acids is 2. The van der Waals surface area contributed by atoms with Gasteiger partial charge in [-0.25, -0.2) is 4.79 Å². The molecule has 8 heteroatoms. The molecule has 0 aliphatic rings. The van der Waals surface area contributed by atoms with Crippen molar-refractivity contribution in [3.8, 4) is 11.5 Å². The second-order valence-electron chi connectivity index (χ2n) is 6.39. The van der Waals surface area contributed by atoms with E-state index in [0.29, 0.717) is 23.4 Å². The monoisotopic (exact) mass is 419 g/mol. The van der Waals surface area contributed by atoms with Crippen LogP contribution in [-0.2, 0) is 14.3 Å². The first-order valence-corrected chi connectivity index (χ1v) is 9.74. The molecule has 0 fully saturated rings. The zero-order valence-corrected chi connectivity index (χ0v) is 17.2. The Hall–Kier alpha value is -2.87. The molecule has 2 aromatic carbocycles. The van der Waals surface area contributed by atoms with E-state index in [0.717, 1.165) is 0 Å². The van der Waals surface area contributed by atoms with Crippen LogP contribution < -0.4 is 10.1 Å². The first kappa shape index (κ1) is 22.4. The van der Waals surface area contributed by atoms with E-state index in [-0.39, 0.29) is 24.0 Å². The number of anilines is 1. The molecule has 0 unspecified atom stereocenters. The number of ether oxygens (including phenoxy) is 3. The number of nitrogens with one attached hydrogen (secondary N) is 1. The van der Waals surface area contributed by atoms with E-state index in [1.165, 1.54) is 13.2 Å². The van der Waals surface area contributed by atoms with Gasteiger partial charge in [-0.2, -0.15) is 12.6 Å². The lowest BCUT2D eigenvalue weighted by Gasteiger charge is -2.25. The molecule has 2 aromatic rings. The number of thiol groups is 1. The van der Waals surface area contributed by atoms with E-state index in [4.69, 9.17) is 14.2 Å². The average molecular weight is 419 g/mol. The molecule has 2 N–H and O–H groups in total. The number of aromatic hydroxyl groups is 1. The summed E-state index contributed by atoms with van der Waals surface area (Å²) in [4.78, 5) is 23.7. The molecule has 156 valence electrons. The van der Waals surface area contributed by atoms with E-state index in [2.05, 4.69) is 17.9 Å². The Morgan fingerprint density at radius 2 is 1.90 bits per heavy atom. The summed E-state index contributed by atoms with van der Waals surface area (Å²) in [6, 6.07) is 13.7. The van der Waals surface area contributed by atoms with Crippen LogP contribution in [0.3, 0.4) is 0 Å². The fourth-order valence-electron chi connectivity index (χ4n) is 2.74. The number of phenolic OH excluding ortho intramolecular Hbond substituents is 1. The van der Waals surface area contributed by atoms with Gasteiger partial charge in [0.05, 0.1) is 19.5 Å².